The number of furan rings is 1. The Labute approximate surface area is 124 Å². The van der Waals surface area contributed by atoms with E-state index in [1.165, 1.54) is 10.4 Å². The van der Waals surface area contributed by atoms with Crippen molar-refractivity contribution in [1.82, 2.24) is 4.31 Å². The van der Waals surface area contributed by atoms with Gasteiger partial charge < -0.3 is 4.42 Å². The molecule has 0 aliphatic carbocycles. The number of alkyl halides is 1. The van der Waals surface area contributed by atoms with E-state index in [1.807, 2.05) is 0 Å². The SMILES string of the molecule is O=S(=O)(c1cc(CCl)oc1Br)N1CCCSCC1. The molecule has 2 heterocycles. The van der Waals surface area contributed by atoms with Crippen LogP contribution in [0.1, 0.15) is 12.2 Å². The van der Waals surface area contributed by atoms with E-state index in [-0.39, 0.29) is 15.4 Å². The van der Waals surface area contributed by atoms with Crippen molar-refractivity contribution < 1.29 is 12.8 Å². The Morgan fingerprint density at radius 1 is 1.44 bits per heavy atom. The third-order valence-electron chi connectivity index (χ3n) is 2.64. The molecule has 0 radical (unpaired) electrons. The van der Waals surface area contributed by atoms with Gasteiger partial charge >= 0.3 is 0 Å². The third kappa shape index (κ3) is 3.07. The van der Waals surface area contributed by atoms with Crippen molar-refractivity contribution in [2.75, 3.05) is 24.6 Å². The summed E-state index contributed by atoms with van der Waals surface area (Å²) in [4.78, 5) is 0.171. The molecule has 0 saturated carbocycles. The van der Waals surface area contributed by atoms with Crippen LogP contribution >= 0.6 is 39.3 Å². The lowest BCUT2D eigenvalue weighted by Crippen LogP contribution is -2.32. The van der Waals surface area contributed by atoms with Crippen molar-refractivity contribution in [3.05, 3.63) is 16.5 Å². The third-order valence-corrected chi connectivity index (χ3v) is 6.70. The standard InChI is InChI=1S/C10H13BrClNO3S2/c11-10-9(6-8(7-12)16-10)18(14,15)13-2-1-4-17-5-3-13/h6H,1-5,7H2. The maximum Gasteiger partial charge on any atom is 0.247 e. The van der Waals surface area contributed by atoms with Crippen molar-refractivity contribution in [3.8, 4) is 0 Å². The molecule has 1 saturated heterocycles. The van der Waals surface area contributed by atoms with Gasteiger partial charge in [-0.1, -0.05) is 0 Å². The maximum atomic E-state index is 12.5. The Hall–Kier alpha value is 0.310. The van der Waals surface area contributed by atoms with Crippen LogP contribution in [0, 0.1) is 0 Å². The molecule has 0 unspecified atom stereocenters. The lowest BCUT2D eigenvalue weighted by Gasteiger charge is -2.18. The Morgan fingerprint density at radius 3 is 2.89 bits per heavy atom. The molecule has 0 bridgehead atoms. The molecule has 0 amide bonds. The molecule has 4 nitrogen and oxygen atoms in total. The van der Waals surface area contributed by atoms with Crippen LogP contribution in [-0.2, 0) is 15.9 Å². The summed E-state index contributed by atoms with van der Waals surface area (Å²) in [5.74, 6) is 2.44. The molecule has 0 N–H and O–H groups in total. The first-order valence-corrected chi connectivity index (χ1v) is 9.40. The first-order valence-electron chi connectivity index (χ1n) is 5.48. The van der Waals surface area contributed by atoms with Crippen LogP contribution < -0.4 is 0 Å². The van der Waals surface area contributed by atoms with E-state index >= 15 is 0 Å². The first kappa shape index (κ1) is 14.7. The van der Waals surface area contributed by atoms with Crippen LogP contribution in [0.25, 0.3) is 0 Å². The zero-order valence-electron chi connectivity index (χ0n) is 9.56. The summed E-state index contributed by atoms with van der Waals surface area (Å²) in [6, 6.07) is 1.49. The highest BCUT2D eigenvalue weighted by Gasteiger charge is 2.29. The van der Waals surface area contributed by atoms with Crippen molar-refractivity contribution >= 4 is 49.3 Å². The van der Waals surface area contributed by atoms with Gasteiger partial charge in [0.25, 0.3) is 0 Å². The number of hydrogen-bond donors (Lipinski definition) is 0. The van der Waals surface area contributed by atoms with Crippen LogP contribution in [0.3, 0.4) is 0 Å². The van der Waals surface area contributed by atoms with E-state index < -0.39 is 10.0 Å². The van der Waals surface area contributed by atoms with Gasteiger partial charge in [-0.05, 0) is 28.1 Å². The van der Waals surface area contributed by atoms with Crippen LogP contribution in [-0.4, -0.2) is 37.3 Å². The fourth-order valence-electron chi connectivity index (χ4n) is 1.74. The summed E-state index contributed by atoms with van der Waals surface area (Å²) in [5, 5.41) is 0. The fourth-order valence-corrected chi connectivity index (χ4v) is 5.32. The number of nitrogens with zero attached hydrogens (tertiary/aromatic N) is 1. The van der Waals surface area contributed by atoms with E-state index in [0.29, 0.717) is 18.8 Å². The van der Waals surface area contributed by atoms with Crippen molar-refractivity contribution in [2.24, 2.45) is 0 Å². The van der Waals surface area contributed by atoms with Crippen LogP contribution in [0.4, 0.5) is 0 Å². The minimum atomic E-state index is -3.48. The molecule has 18 heavy (non-hydrogen) atoms. The van der Waals surface area contributed by atoms with Gasteiger partial charge in [0.1, 0.15) is 10.7 Å². The van der Waals surface area contributed by atoms with Gasteiger partial charge in [-0.3, -0.25) is 0 Å². The molecule has 1 aromatic rings. The van der Waals surface area contributed by atoms with E-state index in [1.54, 1.807) is 11.8 Å². The molecule has 1 fully saturated rings. The lowest BCUT2D eigenvalue weighted by molar-refractivity contribution is 0.431. The van der Waals surface area contributed by atoms with Crippen molar-refractivity contribution in [3.63, 3.8) is 0 Å². The monoisotopic (exact) mass is 373 g/mol. The molecule has 1 aromatic heterocycles. The van der Waals surface area contributed by atoms with Crippen molar-refractivity contribution in [2.45, 2.75) is 17.2 Å². The van der Waals surface area contributed by atoms with Crippen molar-refractivity contribution in [1.29, 1.82) is 0 Å². The van der Waals surface area contributed by atoms with Crippen LogP contribution in [0.15, 0.2) is 20.0 Å². The summed E-state index contributed by atoms with van der Waals surface area (Å²) < 4.78 is 31.9. The van der Waals surface area contributed by atoms with Gasteiger partial charge in [-0.15, -0.1) is 11.6 Å². The number of hydrogen-bond acceptors (Lipinski definition) is 4. The summed E-state index contributed by atoms with van der Waals surface area (Å²) in [6.45, 7) is 1.10. The predicted octanol–water partition coefficient (Wildman–Crippen LogP) is 2.91. The highest BCUT2D eigenvalue weighted by atomic mass is 79.9. The molecule has 8 heteroatoms. The molecule has 1 aliphatic rings. The largest absolute Gasteiger partial charge is 0.452 e. The zero-order chi connectivity index (χ0) is 13.2. The summed E-state index contributed by atoms with van der Waals surface area (Å²) in [7, 11) is -3.48. The van der Waals surface area contributed by atoms with E-state index in [9.17, 15) is 8.42 Å². The van der Waals surface area contributed by atoms with E-state index in [0.717, 1.165) is 17.9 Å². The second kappa shape index (κ2) is 6.17. The maximum absolute atomic E-state index is 12.5. The molecular formula is C10H13BrClNO3S2. The highest BCUT2D eigenvalue weighted by molar-refractivity contribution is 9.10. The van der Waals surface area contributed by atoms with Gasteiger partial charge in [0, 0.05) is 24.9 Å². The normalized spacial score (nSPS) is 18.8. The fraction of sp³-hybridized carbons (Fsp3) is 0.600. The Bertz CT molecular complexity index is 509. The Balaban J connectivity index is 2.31. The number of thioether (sulfide) groups is 1. The van der Waals surface area contributed by atoms with Crippen LogP contribution in [0.2, 0.25) is 0 Å². The second-order valence-electron chi connectivity index (χ2n) is 3.85. The van der Waals surface area contributed by atoms with Crippen LogP contribution in [0.5, 0.6) is 0 Å². The molecule has 0 aromatic carbocycles. The van der Waals surface area contributed by atoms with E-state index in [2.05, 4.69) is 15.9 Å². The molecule has 0 atom stereocenters. The lowest BCUT2D eigenvalue weighted by atomic mass is 10.5. The number of rotatable bonds is 3. The smallest absolute Gasteiger partial charge is 0.247 e. The molecule has 0 spiro atoms. The highest BCUT2D eigenvalue weighted by Crippen LogP contribution is 2.30. The summed E-state index contributed by atoms with van der Waals surface area (Å²) >= 11 is 10.6. The second-order valence-corrected chi connectivity index (χ2v) is 7.97. The molecule has 1 aliphatic heterocycles. The summed E-state index contributed by atoms with van der Waals surface area (Å²) in [5.41, 5.74) is 0. The predicted molar refractivity (Wildman–Crippen MR) is 76.7 cm³/mol. The van der Waals surface area contributed by atoms with Gasteiger partial charge in [0.15, 0.2) is 4.67 Å². The number of halogens is 2. The zero-order valence-corrected chi connectivity index (χ0v) is 13.5. The number of sulfonamides is 1. The quantitative estimate of drug-likeness (QED) is 0.763. The van der Waals surface area contributed by atoms with E-state index in [4.69, 9.17) is 16.0 Å². The average Bonchev–Trinajstić information content (AvgIpc) is 2.55. The molecular weight excluding hydrogens is 362 g/mol. The topological polar surface area (TPSA) is 50.5 Å². The Morgan fingerprint density at radius 2 is 2.22 bits per heavy atom. The molecule has 2 rings (SSSR count). The Kier molecular flexibility index (Phi) is 5.05. The van der Waals surface area contributed by atoms with Gasteiger partial charge in [0.2, 0.25) is 10.0 Å². The van der Waals surface area contributed by atoms with Gasteiger partial charge in [-0.2, -0.15) is 16.1 Å². The molecule has 102 valence electrons. The van der Waals surface area contributed by atoms with Gasteiger partial charge in [0.05, 0.1) is 5.88 Å². The average molecular weight is 375 g/mol. The minimum absolute atomic E-state index is 0.157. The first-order chi connectivity index (χ1) is 8.55. The summed E-state index contributed by atoms with van der Waals surface area (Å²) in [6.07, 6.45) is 0.877. The van der Waals surface area contributed by atoms with Gasteiger partial charge in [-0.25, -0.2) is 8.42 Å². The minimum Gasteiger partial charge on any atom is -0.452 e.